The number of ether oxygens (including phenoxy) is 3. The van der Waals surface area contributed by atoms with Crippen LogP contribution in [0.3, 0.4) is 0 Å². The molecule has 0 bridgehead atoms. The Morgan fingerprint density at radius 2 is 1.74 bits per heavy atom. The fraction of sp³-hybridized carbons (Fsp3) is 0.158. The van der Waals surface area contributed by atoms with Crippen molar-refractivity contribution in [1.29, 1.82) is 0 Å². The maximum Gasteiger partial charge on any atom is 0.264 e. The number of hydrogen-bond acceptors (Lipinski definition) is 7. The number of carbonyl (C=O) groups is 1. The quantitative estimate of drug-likeness (QED) is 0.767. The smallest absolute Gasteiger partial charge is 0.264 e. The highest BCUT2D eigenvalue weighted by molar-refractivity contribution is 8.18. The fourth-order valence-corrected chi connectivity index (χ4v) is 3.32. The molecule has 1 aliphatic rings. The van der Waals surface area contributed by atoms with Gasteiger partial charge in [0.1, 0.15) is 11.4 Å². The summed E-state index contributed by atoms with van der Waals surface area (Å²) in [5.74, 6) is 1.24. The van der Waals surface area contributed by atoms with E-state index in [0.717, 1.165) is 0 Å². The van der Waals surface area contributed by atoms with Crippen LogP contribution in [-0.4, -0.2) is 37.5 Å². The van der Waals surface area contributed by atoms with Crippen LogP contribution in [0.15, 0.2) is 46.3 Å². The Morgan fingerprint density at radius 1 is 1.07 bits per heavy atom. The molecule has 1 fully saturated rings. The summed E-state index contributed by atoms with van der Waals surface area (Å²) in [4.78, 5) is 17.0. The average molecular weight is 386 g/mol. The molecule has 0 radical (unpaired) electrons. The van der Waals surface area contributed by atoms with Crippen LogP contribution in [0.4, 0.5) is 5.69 Å². The van der Waals surface area contributed by atoms with E-state index in [0.29, 0.717) is 38.6 Å². The fourth-order valence-electron chi connectivity index (χ4n) is 2.48. The van der Waals surface area contributed by atoms with Gasteiger partial charge in [0.05, 0.1) is 26.2 Å². The number of nitrogens with one attached hydrogen (secondary N) is 1. The van der Waals surface area contributed by atoms with Crippen LogP contribution in [0.5, 0.6) is 23.0 Å². The largest absolute Gasteiger partial charge is 0.506 e. The number of amides is 1. The number of para-hydroxylation sites is 2. The number of thioether (sulfide) groups is 1. The lowest BCUT2D eigenvalue weighted by Crippen LogP contribution is -2.19. The van der Waals surface area contributed by atoms with E-state index in [1.807, 2.05) is 0 Å². The monoisotopic (exact) mass is 386 g/mol. The number of phenolic OH excluding ortho intramolecular Hbond substituents is 1. The lowest BCUT2D eigenvalue weighted by molar-refractivity contribution is -0.115. The number of aliphatic imine (C=N–C) groups is 1. The Kier molecular flexibility index (Phi) is 5.56. The van der Waals surface area contributed by atoms with Crippen molar-refractivity contribution in [2.24, 2.45) is 4.99 Å². The van der Waals surface area contributed by atoms with Crippen molar-refractivity contribution in [3.05, 3.63) is 46.9 Å². The van der Waals surface area contributed by atoms with Crippen molar-refractivity contribution >= 4 is 34.6 Å². The number of rotatable bonds is 5. The standard InChI is InChI=1S/C19H18N2O5S/c1-24-14-8-11(9-15(25-2)17(14)26-3)10-16-18(23)21-19(27-16)20-12-6-4-5-7-13(12)22/h4-10,22H,1-3H3,(H,20,21,23). The Morgan fingerprint density at radius 3 is 2.33 bits per heavy atom. The molecule has 7 nitrogen and oxygen atoms in total. The van der Waals surface area contributed by atoms with E-state index >= 15 is 0 Å². The molecule has 0 unspecified atom stereocenters. The second-order valence-electron chi connectivity index (χ2n) is 5.43. The molecule has 1 heterocycles. The second-order valence-corrected chi connectivity index (χ2v) is 6.46. The predicted molar refractivity (Wildman–Crippen MR) is 105 cm³/mol. The van der Waals surface area contributed by atoms with Crippen LogP contribution in [-0.2, 0) is 4.79 Å². The van der Waals surface area contributed by atoms with Gasteiger partial charge in [-0.25, -0.2) is 4.99 Å². The first kappa shape index (κ1) is 18.7. The molecule has 2 N–H and O–H groups in total. The maximum absolute atomic E-state index is 12.3. The van der Waals surface area contributed by atoms with Crippen molar-refractivity contribution in [2.75, 3.05) is 21.3 Å². The van der Waals surface area contributed by atoms with Gasteiger partial charge in [-0.1, -0.05) is 12.1 Å². The minimum Gasteiger partial charge on any atom is -0.506 e. The van der Waals surface area contributed by atoms with E-state index in [1.165, 1.54) is 39.2 Å². The van der Waals surface area contributed by atoms with Gasteiger partial charge in [0.15, 0.2) is 16.7 Å². The van der Waals surface area contributed by atoms with E-state index in [4.69, 9.17) is 14.2 Å². The molecule has 0 aliphatic carbocycles. The van der Waals surface area contributed by atoms with Crippen LogP contribution in [0.1, 0.15) is 5.56 Å². The average Bonchev–Trinajstić information content (AvgIpc) is 3.01. The Balaban J connectivity index is 1.92. The summed E-state index contributed by atoms with van der Waals surface area (Å²) in [6.07, 6.45) is 1.71. The Labute approximate surface area is 160 Å². The van der Waals surface area contributed by atoms with Crippen molar-refractivity contribution in [1.82, 2.24) is 5.32 Å². The second kappa shape index (κ2) is 8.05. The lowest BCUT2D eigenvalue weighted by Gasteiger charge is -2.12. The Bertz CT molecular complexity index is 914. The number of nitrogens with zero attached hydrogens (tertiary/aromatic N) is 1. The zero-order valence-electron chi connectivity index (χ0n) is 15.0. The highest BCUT2D eigenvalue weighted by Gasteiger charge is 2.24. The molecule has 2 aromatic rings. The SMILES string of the molecule is COc1cc(C=C2SC(=Nc3ccccc3O)NC2=O)cc(OC)c1OC. The number of methoxy groups -OCH3 is 3. The van der Waals surface area contributed by atoms with Gasteiger partial charge in [-0.3, -0.25) is 4.79 Å². The van der Waals surface area contributed by atoms with Crippen molar-refractivity contribution in [2.45, 2.75) is 0 Å². The van der Waals surface area contributed by atoms with Crippen molar-refractivity contribution in [3.8, 4) is 23.0 Å². The third kappa shape index (κ3) is 4.01. The molecule has 0 saturated carbocycles. The predicted octanol–water partition coefficient (Wildman–Crippen LogP) is 3.31. The summed E-state index contributed by atoms with van der Waals surface area (Å²) >= 11 is 1.18. The highest BCUT2D eigenvalue weighted by atomic mass is 32.2. The molecule has 0 atom stereocenters. The summed E-state index contributed by atoms with van der Waals surface area (Å²) in [6.45, 7) is 0. The number of amidine groups is 1. The molecular weight excluding hydrogens is 368 g/mol. The van der Waals surface area contributed by atoms with Crippen LogP contribution in [0.25, 0.3) is 6.08 Å². The summed E-state index contributed by atoms with van der Waals surface area (Å²) in [5.41, 5.74) is 1.10. The summed E-state index contributed by atoms with van der Waals surface area (Å²) in [5, 5.41) is 12.9. The maximum atomic E-state index is 12.3. The number of benzene rings is 2. The minimum absolute atomic E-state index is 0.0434. The van der Waals surface area contributed by atoms with Gasteiger partial charge in [-0.2, -0.15) is 0 Å². The van der Waals surface area contributed by atoms with Gasteiger partial charge in [0, 0.05) is 0 Å². The van der Waals surface area contributed by atoms with E-state index < -0.39 is 0 Å². The topological polar surface area (TPSA) is 89.4 Å². The summed E-state index contributed by atoms with van der Waals surface area (Å²) in [6, 6.07) is 10.2. The van der Waals surface area contributed by atoms with Crippen molar-refractivity contribution in [3.63, 3.8) is 0 Å². The Hall–Kier alpha value is -3.13. The third-order valence-corrected chi connectivity index (χ3v) is 4.65. The van der Waals surface area contributed by atoms with Gasteiger partial charge in [-0.05, 0) is 47.7 Å². The van der Waals surface area contributed by atoms with Crippen LogP contribution in [0.2, 0.25) is 0 Å². The number of carbonyl (C=O) groups excluding carboxylic acids is 1. The first-order valence-corrected chi connectivity index (χ1v) is 8.75. The van der Waals surface area contributed by atoms with Crippen LogP contribution < -0.4 is 19.5 Å². The molecule has 27 heavy (non-hydrogen) atoms. The van der Waals surface area contributed by atoms with Gasteiger partial charge < -0.3 is 24.6 Å². The van der Waals surface area contributed by atoms with E-state index in [9.17, 15) is 9.90 Å². The van der Waals surface area contributed by atoms with E-state index in [2.05, 4.69) is 10.3 Å². The van der Waals surface area contributed by atoms with Crippen LogP contribution in [0, 0.1) is 0 Å². The molecule has 1 aliphatic heterocycles. The molecule has 8 heteroatoms. The van der Waals surface area contributed by atoms with Crippen molar-refractivity contribution < 1.29 is 24.1 Å². The van der Waals surface area contributed by atoms with E-state index in [-0.39, 0.29) is 11.7 Å². The lowest BCUT2D eigenvalue weighted by atomic mass is 10.1. The first-order valence-electron chi connectivity index (χ1n) is 7.93. The zero-order valence-corrected chi connectivity index (χ0v) is 15.8. The van der Waals surface area contributed by atoms with E-state index in [1.54, 1.807) is 36.4 Å². The van der Waals surface area contributed by atoms with Gasteiger partial charge in [0.25, 0.3) is 5.91 Å². The van der Waals surface area contributed by atoms with Gasteiger partial charge in [-0.15, -0.1) is 0 Å². The molecule has 3 rings (SSSR count). The molecule has 1 amide bonds. The van der Waals surface area contributed by atoms with Gasteiger partial charge in [0.2, 0.25) is 5.75 Å². The number of aromatic hydroxyl groups is 1. The number of phenols is 1. The van der Waals surface area contributed by atoms with Crippen LogP contribution >= 0.6 is 11.8 Å². The summed E-state index contributed by atoms with van der Waals surface area (Å²) < 4.78 is 16.0. The minimum atomic E-state index is -0.275. The summed E-state index contributed by atoms with van der Waals surface area (Å²) in [7, 11) is 4.59. The highest BCUT2D eigenvalue weighted by Crippen LogP contribution is 2.39. The molecule has 0 aromatic heterocycles. The van der Waals surface area contributed by atoms with Gasteiger partial charge >= 0.3 is 0 Å². The molecule has 140 valence electrons. The molecular formula is C19H18N2O5S. The third-order valence-electron chi connectivity index (χ3n) is 3.74. The normalized spacial score (nSPS) is 16.5. The first-order chi connectivity index (χ1) is 13.0. The molecule has 1 saturated heterocycles. The zero-order chi connectivity index (χ0) is 19.4. The number of hydrogen-bond donors (Lipinski definition) is 2. The molecule has 2 aromatic carbocycles. The molecule has 0 spiro atoms.